The Hall–Kier alpha value is -0.370. The minimum absolute atomic E-state index is 0.0164. The average molecular weight is 272 g/mol. The van der Waals surface area contributed by atoms with Crippen LogP contribution < -0.4 is 5.32 Å². The summed E-state index contributed by atoms with van der Waals surface area (Å²) in [6, 6.07) is 0. The van der Waals surface area contributed by atoms with Crippen molar-refractivity contribution in [1.29, 1.82) is 0 Å². The number of aliphatic hydroxyl groups is 1. The van der Waals surface area contributed by atoms with Crippen molar-refractivity contribution in [3.8, 4) is 0 Å². The van der Waals surface area contributed by atoms with Crippen LogP contribution in [0.2, 0.25) is 0 Å². The van der Waals surface area contributed by atoms with Gasteiger partial charge in [-0.05, 0) is 13.1 Å². The highest BCUT2D eigenvalue weighted by Gasteiger charge is 2.27. The molecular formula is C11H23F3N2O2. The molecule has 0 fully saturated rings. The largest absolute Gasteiger partial charge is 0.411 e. The first-order chi connectivity index (χ1) is 8.39. The molecule has 0 radical (unpaired) electrons. The molecule has 0 saturated heterocycles. The van der Waals surface area contributed by atoms with Gasteiger partial charge in [-0.1, -0.05) is 13.8 Å². The lowest BCUT2D eigenvalue weighted by Gasteiger charge is -2.22. The summed E-state index contributed by atoms with van der Waals surface area (Å²) in [4.78, 5) is 2.08. The van der Waals surface area contributed by atoms with Crippen LogP contribution in [0.5, 0.6) is 0 Å². The Balaban J connectivity index is 3.43. The molecule has 1 atom stereocenters. The van der Waals surface area contributed by atoms with Crippen molar-refractivity contribution < 1.29 is 23.0 Å². The normalized spacial score (nSPS) is 14.2. The molecule has 4 nitrogen and oxygen atoms in total. The molecule has 0 aromatic heterocycles. The zero-order chi connectivity index (χ0) is 14.0. The molecule has 0 aliphatic carbocycles. The van der Waals surface area contributed by atoms with Gasteiger partial charge in [0.15, 0.2) is 0 Å². The summed E-state index contributed by atoms with van der Waals surface area (Å²) in [7, 11) is 0. The Morgan fingerprint density at radius 3 is 2.39 bits per heavy atom. The van der Waals surface area contributed by atoms with Crippen LogP contribution in [-0.4, -0.2) is 68.2 Å². The van der Waals surface area contributed by atoms with E-state index in [0.29, 0.717) is 19.6 Å². The molecule has 0 heterocycles. The van der Waals surface area contributed by atoms with Crippen LogP contribution in [0.3, 0.4) is 0 Å². The van der Waals surface area contributed by atoms with Gasteiger partial charge in [0.25, 0.3) is 0 Å². The number of halogens is 3. The van der Waals surface area contributed by atoms with E-state index < -0.39 is 18.9 Å². The number of nitrogens with zero attached hydrogens (tertiary/aromatic N) is 1. The van der Waals surface area contributed by atoms with Gasteiger partial charge in [0.1, 0.15) is 6.61 Å². The molecule has 0 bridgehead atoms. The maximum atomic E-state index is 11.7. The summed E-state index contributed by atoms with van der Waals surface area (Å²) in [5.41, 5.74) is 0. The number of nitrogens with one attached hydrogen (secondary N) is 1. The fraction of sp³-hybridized carbons (Fsp3) is 1.00. The van der Waals surface area contributed by atoms with Crippen LogP contribution in [0.1, 0.15) is 13.8 Å². The number of rotatable bonds is 10. The molecule has 0 aromatic carbocycles. The predicted molar refractivity (Wildman–Crippen MR) is 63.5 cm³/mol. The highest BCUT2D eigenvalue weighted by Crippen LogP contribution is 2.13. The molecule has 110 valence electrons. The number of likely N-dealkylation sites (N-methyl/N-ethyl adjacent to an activating group) is 1. The first kappa shape index (κ1) is 17.6. The minimum atomic E-state index is -4.28. The van der Waals surface area contributed by atoms with E-state index in [4.69, 9.17) is 0 Å². The highest BCUT2D eigenvalue weighted by atomic mass is 19.4. The SMILES string of the molecule is CCN(CC)CC(O)CNCCOCC(F)(F)F. The second kappa shape index (κ2) is 9.55. The van der Waals surface area contributed by atoms with E-state index in [0.717, 1.165) is 13.1 Å². The van der Waals surface area contributed by atoms with E-state index in [1.807, 2.05) is 13.8 Å². The number of hydrogen-bond acceptors (Lipinski definition) is 4. The Labute approximate surface area is 106 Å². The maximum absolute atomic E-state index is 11.7. The number of aliphatic hydroxyl groups excluding tert-OH is 1. The molecule has 0 aromatic rings. The summed E-state index contributed by atoms with van der Waals surface area (Å²) in [6.07, 6.45) is -4.80. The maximum Gasteiger partial charge on any atom is 0.411 e. The monoisotopic (exact) mass is 272 g/mol. The molecule has 0 saturated carbocycles. The summed E-state index contributed by atoms with van der Waals surface area (Å²) in [5, 5.41) is 12.5. The van der Waals surface area contributed by atoms with Crippen molar-refractivity contribution in [3.63, 3.8) is 0 Å². The van der Waals surface area contributed by atoms with Crippen LogP contribution in [0.25, 0.3) is 0 Å². The molecule has 0 amide bonds. The molecule has 1 unspecified atom stereocenters. The molecule has 2 N–H and O–H groups in total. The van der Waals surface area contributed by atoms with E-state index in [-0.39, 0.29) is 6.61 Å². The van der Waals surface area contributed by atoms with E-state index in [1.165, 1.54) is 0 Å². The predicted octanol–water partition coefficient (Wildman–Crippen LogP) is 0.858. The molecule has 0 aliphatic heterocycles. The second-order valence-corrected chi connectivity index (χ2v) is 4.01. The smallest absolute Gasteiger partial charge is 0.390 e. The molecule has 0 aliphatic rings. The van der Waals surface area contributed by atoms with E-state index in [2.05, 4.69) is 15.0 Å². The van der Waals surface area contributed by atoms with Gasteiger partial charge in [-0.15, -0.1) is 0 Å². The fourth-order valence-electron chi connectivity index (χ4n) is 1.45. The lowest BCUT2D eigenvalue weighted by molar-refractivity contribution is -0.173. The van der Waals surface area contributed by atoms with Crippen molar-refractivity contribution in [2.75, 3.05) is 45.9 Å². The van der Waals surface area contributed by atoms with E-state index in [9.17, 15) is 18.3 Å². The van der Waals surface area contributed by atoms with Gasteiger partial charge in [-0.25, -0.2) is 0 Å². The van der Waals surface area contributed by atoms with Gasteiger partial charge >= 0.3 is 6.18 Å². The Morgan fingerprint density at radius 2 is 1.89 bits per heavy atom. The third kappa shape index (κ3) is 10.8. The molecular weight excluding hydrogens is 249 g/mol. The summed E-state index contributed by atoms with van der Waals surface area (Å²) in [6.45, 7) is 5.71. The minimum Gasteiger partial charge on any atom is -0.390 e. The lowest BCUT2D eigenvalue weighted by atomic mass is 10.3. The van der Waals surface area contributed by atoms with E-state index in [1.54, 1.807) is 0 Å². The van der Waals surface area contributed by atoms with Gasteiger partial charge in [0.2, 0.25) is 0 Å². The number of alkyl halides is 3. The Morgan fingerprint density at radius 1 is 1.28 bits per heavy atom. The van der Waals surface area contributed by atoms with Crippen molar-refractivity contribution >= 4 is 0 Å². The first-order valence-corrected chi connectivity index (χ1v) is 6.14. The quantitative estimate of drug-likeness (QED) is 0.579. The number of hydrogen-bond donors (Lipinski definition) is 2. The van der Waals surface area contributed by atoms with Gasteiger partial charge in [0.05, 0.1) is 12.7 Å². The highest BCUT2D eigenvalue weighted by molar-refractivity contribution is 4.65. The van der Waals surface area contributed by atoms with Crippen LogP contribution in [0.4, 0.5) is 13.2 Å². The number of ether oxygens (including phenoxy) is 1. The fourth-order valence-corrected chi connectivity index (χ4v) is 1.45. The van der Waals surface area contributed by atoms with Crippen molar-refractivity contribution in [2.24, 2.45) is 0 Å². The summed E-state index contributed by atoms with van der Waals surface area (Å²) >= 11 is 0. The third-order valence-corrected chi connectivity index (χ3v) is 2.43. The molecule has 0 spiro atoms. The van der Waals surface area contributed by atoms with Gasteiger partial charge in [-0.3, -0.25) is 0 Å². The van der Waals surface area contributed by atoms with Crippen LogP contribution in [0.15, 0.2) is 0 Å². The zero-order valence-corrected chi connectivity index (χ0v) is 11.0. The van der Waals surface area contributed by atoms with Gasteiger partial charge < -0.3 is 20.1 Å². The average Bonchev–Trinajstić information content (AvgIpc) is 2.29. The van der Waals surface area contributed by atoms with Gasteiger partial charge in [0, 0.05) is 19.6 Å². The second-order valence-electron chi connectivity index (χ2n) is 4.01. The van der Waals surface area contributed by atoms with Crippen LogP contribution >= 0.6 is 0 Å². The molecule has 18 heavy (non-hydrogen) atoms. The van der Waals surface area contributed by atoms with Crippen molar-refractivity contribution in [1.82, 2.24) is 10.2 Å². The third-order valence-electron chi connectivity index (χ3n) is 2.43. The first-order valence-electron chi connectivity index (χ1n) is 6.14. The molecule has 7 heteroatoms. The molecule has 0 rings (SSSR count). The van der Waals surface area contributed by atoms with Crippen LogP contribution in [-0.2, 0) is 4.74 Å². The summed E-state index contributed by atoms with van der Waals surface area (Å²) < 4.78 is 39.6. The standard InChI is InChI=1S/C11H23F3N2O2/c1-3-16(4-2)8-10(17)7-15-5-6-18-9-11(12,13)14/h10,15,17H,3-9H2,1-2H3. The summed E-state index contributed by atoms with van der Waals surface area (Å²) in [5.74, 6) is 0. The zero-order valence-electron chi connectivity index (χ0n) is 11.0. The topological polar surface area (TPSA) is 44.7 Å². The van der Waals surface area contributed by atoms with Gasteiger partial charge in [-0.2, -0.15) is 13.2 Å². The Bertz CT molecular complexity index is 199. The van der Waals surface area contributed by atoms with E-state index >= 15 is 0 Å². The van der Waals surface area contributed by atoms with Crippen molar-refractivity contribution in [2.45, 2.75) is 26.1 Å². The lowest BCUT2D eigenvalue weighted by Crippen LogP contribution is -2.39. The van der Waals surface area contributed by atoms with Crippen molar-refractivity contribution in [3.05, 3.63) is 0 Å². The van der Waals surface area contributed by atoms with Crippen LogP contribution in [0, 0.1) is 0 Å². The Kier molecular flexibility index (Phi) is 9.35.